The number of benzene rings is 2. The Balaban J connectivity index is 1.50. The van der Waals surface area contributed by atoms with Crippen LogP contribution < -0.4 is 5.32 Å². The van der Waals surface area contributed by atoms with Gasteiger partial charge in [0.2, 0.25) is 5.91 Å². The largest absolute Gasteiger partial charge is 0.326 e. The van der Waals surface area contributed by atoms with Crippen LogP contribution in [0.25, 0.3) is 6.08 Å². The monoisotopic (exact) mass is 427 g/mol. The summed E-state index contributed by atoms with van der Waals surface area (Å²) in [5.74, 6) is -0.385. The predicted octanol–water partition coefficient (Wildman–Crippen LogP) is 4.21. The lowest BCUT2D eigenvalue weighted by Gasteiger charge is -2.14. The standard InChI is InChI=1S/C20H17N3O4S2/c24-18(21-15-8-10-16(11-9-15)23(26)27)7-4-12-22-19(25)17(29-20(22)28)13-14-5-2-1-3-6-14/h1-3,5-6,8-11,13H,4,7,12H2,(H,21,24)/b17-13-. The van der Waals surface area contributed by atoms with Crippen LogP contribution in [0.2, 0.25) is 0 Å². The molecule has 2 aromatic rings. The van der Waals surface area contributed by atoms with Crippen LogP contribution in [0.5, 0.6) is 0 Å². The first-order valence-corrected chi connectivity index (χ1v) is 10.0. The minimum Gasteiger partial charge on any atom is -0.326 e. The second kappa shape index (κ2) is 9.44. The van der Waals surface area contributed by atoms with Crippen molar-refractivity contribution >= 4 is 57.6 Å². The van der Waals surface area contributed by atoms with E-state index in [0.29, 0.717) is 27.9 Å². The van der Waals surface area contributed by atoms with E-state index < -0.39 is 4.92 Å². The maximum atomic E-state index is 12.6. The molecule has 7 nitrogen and oxygen atoms in total. The number of hydrogen-bond donors (Lipinski definition) is 1. The normalized spacial score (nSPS) is 15.0. The zero-order chi connectivity index (χ0) is 20.8. The van der Waals surface area contributed by atoms with Crippen molar-refractivity contribution < 1.29 is 14.5 Å². The summed E-state index contributed by atoms with van der Waals surface area (Å²) in [6.07, 6.45) is 2.45. The fraction of sp³-hybridized carbons (Fsp3) is 0.150. The molecule has 0 unspecified atom stereocenters. The van der Waals surface area contributed by atoms with Crippen LogP contribution in [0.3, 0.4) is 0 Å². The molecule has 0 radical (unpaired) electrons. The number of nitrogens with zero attached hydrogens (tertiary/aromatic N) is 2. The van der Waals surface area contributed by atoms with E-state index in [4.69, 9.17) is 12.2 Å². The number of non-ortho nitro benzene ring substituents is 1. The molecule has 0 spiro atoms. The number of rotatable bonds is 7. The molecule has 1 N–H and O–H groups in total. The molecular weight excluding hydrogens is 410 g/mol. The second-order valence-electron chi connectivity index (χ2n) is 6.20. The lowest BCUT2D eigenvalue weighted by atomic mass is 10.2. The maximum Gasteiger partial charge on any atom is 0.269 e. The molecule has 0 saturated carbocycles. The van der Waals surface area contributed by atoms with E-state index in [1.807, 2.05) is 30.3 Å². The van der Waals surface area contributed by atoms with E-state index in [-0.39, 0.29) is 23.9 Å². The van der Waals surface area contributed by atoms with E-state index in [1.165, 1.54) is 40.9 Å². The van der Waals surface area contributed by atoms with Crippen molar-refractivity contribution in [3.05, 3.63) is 75.2 Å². The number of amides is 2. The molecule has 9 heteroatoms. The van der Waals surface area contributed by atoms with Crippen LogP contribution in [0, 0.1) is 10.1 Å². The van der Waals surface area contributed by atoms with Gasteiger partial charge in [-0.2, -0.15) is 0 Å². The van der Waals surface area contributed by atoms with Gasteiger partial charge >= 0.3 is 0 Å². The molecule has 1 heterocycles. The third-order valence-electron chi connectivity index (χ3n) is 4.12. The van der Waals surface area contributed by atoms with Crippen molar-refractivity contribution in [3.8, 4) is 0 Å². The Bertz CT molecular complexity index is 975. The van der Waals surface area contributed by atoms with Crippen LogP contribution in [-0.4, -0.2) is 32.5 Å². The van der Waals surface area contributed by atoms with E-state index in [2.05, 4.69) is 5.32 Å². The average Bonchev–Trinajstić information content (AvgIpc) is 2.96. The van der Waals surface area contributed by atoms with Gasteiger partial charge in [-0.3, -0.25) is 24.6 Å². The SMILES string of the molecule is O=C(CCCN1C(=O)/C(=C/c2ccccc2)SC1=S)Nc1ccc([N+](=O)[O-])cc1. The first-order valence-electron chi connectivity index (χ1n) is 8.79. The van der Waals surface area contributed by atoms with Gasteiger partial charge in [0.05, 0.1) is 9.83 Å². The molecule has 2 amide bonds. The van der Waals surface area contributed by atoms with Crippen molar-refractivity contribution in [3.63, 3.8) is 0 Å². The number of nitro benzene ring substituents is 1. The minimum absolute atomic E-state index is 0.0408. The van der Waals surface area contributed by atoms with Crippen molar-refractivity contribution in [1.29, 1.82) is 0 Å². The van der Waals surface area contributed by atoms with Gasteiger partial charge in [-0.1, -0.05) is 54.3 Å². The summed E-state index contributed by atoms with van der Waals surface area (Å²) in [6, 6.07) is 15.1. The van der Waals surface area contributed by atoms with Gasteiger partial charge in [0.1, 0.15) is 4.32 Å². The number of nitrogens with one attached hydrogen (secondary N) is 1. The molecule has 148 valence electrons. The first kappa shape index (κ1) is 20.7. The van der Waals surface area contributed by atoms with Crippen molar-refractivity contribution in [2.24, 2.45) is 0 Å². The number of thiocarbonyl (C=S) groups is 1. The molecule has 0 atom stereocenters. The van der Waals surface area contributed by atoms with Gasteiger partial charge < -0.3 is 5.32 Å². The van der Waals surface area contributed by atoms with Crippen molar-refractivity contribution in [2.75, 3.05) is 11.9 Å². The third-order valence-corrected chi connectivity index (χ3v) is 5.50. The van der Waals surface area contributed by atoms with E-state index in [9.17, 15) is 19.7 Å². The summed E-state index contributed by atoms with van der Waals surface area (Å²) in [7, 11) is 0. The van der Waals surface area contributed by atoms with Gasteiger partial charge in [-0.05, 0) is 30.2 Å². The fourth-order valence-corrected chi connectivity index (χ4v) is 3.99. The number of carbonyl (C=O) groups is 2. The summed E-state index contributed by atoms with van der Waals surface area (Å²) in [6.45, 7) is 0.352. The number of carbonyl (C=O) groups excluding carboxylic acids is 2. The molecule has 1 fully saturated rings. The minimum atomic E-state index is -0.500. The van der Waals surface area contributed by atoms with Crippen LogP contribution in [0.15, 0.2) is 59.5 Å². The second-order valence-corrected chi connectivity index (χ2v) is 7.88. The molecule has 29 heavy (non-hydrogen) atoms. The highest BCUT2D eigenvalue weighted by Gasteiger charge is 2.31. The number of nitro groups is 1. The Labute approximate surface area is 176 Å². The molecule has 0 aliphatic carbocycles. The maximum absolute atomic E-state index is 12.6. The lowest BCUT2D eigenvalue weighted by Crippen LogP contribution is -2.29. The summed E-state index contributed by atoms with van der Waals surface area (Å²) in [5.41, 5.74) is 1.37. The average molecular weight is 428 g/mol. The van der Waals surface area contributed by atoms with E-state index in [0.717, 1.165) is 5.56 Å². The fourth-order valence-electron chi connectivity index (χ4n) is 2.68. The van der Waals surface area contributed by atoms with Gasteiger partial charge in [-0.25, -0.2) is 0 Å². The zero-order valence-corrected chi connectivity index (χ0v) is 16.9. The van der Waals surface area contributed by atoms with Crippen molar-refractivity contribution in [1.82, 2.24) is 4.90 Å². The van der Waals surface area contributed by atoms with Crippen LogP contribution in [-0.2, 0) is 9.59 Å². The Kier molecular flexibility index (Phi) is 6.73. The van der Waals surface area contributed by atoms with Gasteiger partial charge in [0.15, 0.2) is 0 Å². The van der Waals surface area contributed by atoms with E-state index >= 15 is 0 Å². The Morgan fingerprint density at radius 3 is 2.52 bits per heavy atom. The number of hydrogen-bond acceptors (Lipinski definition) is 6. The molecule has 0 aromatic heterocycles. The van der Waals surface area contributed by atoms with Crippen LogP contribution >= 0.6 is 24.0 Å². The summed E-state index contributed by atoms with van der Waals surface area (Å²) in [4.78, 5) is 36.9. The topological polar surface area (TPSA) is 92.6 Å². The molecule has 1 aliphatic rings. The zero-order valence-electron chi connectivity index (χ0n) is 15.2. The predicted molar refractivity (Wildman–Crippen MR) is 117 cm³/mol. The summed E-state index contributed by atoms with van der Waals surface area (Å²) in [5, 5.41) is 13.3. The quantitative estimate of drug-likeness (QED) is 0.308. The molecule has 2 aromatic carbocycles. The molecular formula is C20H17N3O4S2. The summed E-state index contributed by atoms with van der Waals surface area (Å²) >= 11 is 6.55. The molecule has 1 aliphatic heterocycles. The molecule has 3 rings (SSSR count). The summed E-state index contributed by atoms with van der Waals surface area (Å²) < 4.78 is 0.480. The highest BCUT2D eigenvalue weighted by molar-refractivity contribution is 8.26. The van der Waals surface area contributed by atoms with Gasteiger partial charge in [-0.15, -0.1) is 0 Å². The third kappa shape index (κ3) is 5.49. The van der Waals surface area contributed by atoms with Gasteiger partial charge in [0, 0.05) is 30.8 Å². The van der Waals surface area contributed by atoms with Crippen LogP contribution in [0.1, 0.15) is 18.4 Å². The van der Waals surface area contributed by atoms with Crippen molar-refractivity contribution in [2.45, 2.75) is 12.8 Å². The van der Waals surface area contributed by atoms with E-state index in [1.54, 1.807) is 6.08 Å². The first-order chi connectivity index (χ1) is 13.9. The Morgan fingerprint density at radius 2 is 1.86 bits per heavy atom. The Morgan fingerprint density at radius 1 is 1.17 bits per heavy atom. The highest BCUT2D eigenvalue weighted by Crippen LogP contribution is 2.32. The van der Waals surface area contributed by atoms with Crippen LogP contribution in [0.4, 0.5) is 11.4 Å². The van der Waals surface area contributed by atoms with Gasteiger partial charge in [0.25, 0.3) is 11.6 Å². The molecule has 0 bridgehead atoms. The Hall–Kier alpha value is -3.04. The smallest absolute Gasteiger partial charge is 0.269 e. The highest BCUT2D eigenvalue weighted by atomic mass is 32.2. The number of anilines is 1. The lowest BCUT2D eigenvalue weighted by molar-refractivity contribution is -0.384. The molecule has 1 saturated heterocycles. The number of thioether (sulfide) groups is 1.